The van der Waals surface area contributed by atoms with E-state index >= 15 is 0 Å². The molecule has 12 aromatic carbocycles. The van der Waals surface area contributed by atoms with Gasteiger partial charge in [0.2, 0.25) is 0 Å². The zero-order valence-electron chi connectivity index (χ0n) is 32.9. The average Bonchev–Trinajstić information content (AvgIpc) is 3.33. The molecule has 0 nitrogen and oxygen atoms in total. The van der Waals surface area contributed by atoms with Crippen molar-refractivity contribution in [1.29, 1.82) is 0 Å². The van der Waals surface area contributed by atoms with Gasteiger partial charge in [0.05, 0.1) is 0 Å². The molecule has 0 amide bonds. The molecule has 0 aliphatic carbocycles. The molecule has 0 heteroatoms. The maximum atomic E-state index is 2.35. The third-order valence-corrected chi connectivity index (χ3v) is 12.6. The Morgan fingerprint density at radius 1 is 0.150 bits per heavy atom. The zero-order valence-corrected chi connectivity index (χ0v) is 32.9. The van der Waals surface area contributed by atoms with E-state index in [4.69, 9.17) is 0 Å². The standard InChI is InChI=1S/C60H38/c1-2-10-39(11-3-1)40-13-8-14-41(32-40)43-24-28-54-49(34-43)20-22-51-36-45(26-30-56(51)54)46-27-31-57-52(37-46)23-21-50-35-44(25-29-55(50)57)42-15-9-16-47(33-42)60-38-48-12-4-5-17-53(48)58-18-6-7-19-59(58)60/h1-38H. The molecule has 0 unspecified atom stereocenters. The van der Waals surface area contributed by atoms with Crippen LogP contribution in [0.4, 0.5) is 0 Å². The fourth-order valence-corrected chi connectivity index (χ4v) is 9.53. The molecule has 0 radical (unpaired) electrons. The number of benzene rings is 12. The molecule has 12 aromatic rings. The summed E-state index contributed by atoms with van der Waals surface area (Å²) in [6, 6.07) is 85.1. The highest BCUT2D eigenvalue weighted by Crippen LogP contribution is 2.39. The SMILES string of the molecule is c1ccc(-c2cccc(-c3ccc4c(ccc5cc(-c6ccc7c(ccc8cc(-c9cccc(-c%10cc%11ccccc%11c%11ccccc%10%11)c9)ccc87)c6)ccc54)c3)c2)cc1. The van der Waals surface area contributed by atoms with Gasteiger partial charge in [-0.1, -0.05) is 188 Å². The molecule has 0 fully saturated rings. The Morgan fingerprint density at radius 3 is 1.00 bits per heavy atom. The maximum Gasteiger partial charge on any atom is -0.00988 e. The van der Waals surface area contributed by atoms with Gasteiger partial charge in [0.15, 0.2) is 0 Å². The molecule has 0 aliphatic rings. The van der Waals surface area contributed by atoms with Gasteiger partial charge in [-0.3, -0.25) is 0 Å². The van der Waals surface area contributed by atoms with Crippen molar-refractivity contribution in [2.45, 2.75) is 0 Å². The lowest BCUT2D eigenvalue weighted by atomic mass is 9.91. The van der Waals surface area contributed by atoms with Crippen molar-refractivity contribution in [2.75, 3.05) is 0 Å². The molecule has 0 aliphatic heterocycles. The molecule has 0 heterocycles. The molecule has 12 rings (SSSR count). The van der Waals surface area contributed by atoms with Crippen LogP contribution >= 0.6 is 0 Å². The Labute approximate surface area is 349 Å². The molecule has 0 bridgehead atoms. The average molecular weight is 759 g/mol. The summed E-state index contributed by atoms with van der Waals surface area (Å²) in [5.74, 6) is 0. The minimum absolute atomic E-state index is 1.22. The summed E-state index contributed by atoms with van der Waals surface area (Å²) in [5.41, 5.74) is 12.3. The number of hydrogen-bond acceptors (Lipinski definition) is 0. The van der Waals surface area contributed by atoms with Crippen LogP contribution in [-0.2, 0) is 0 Å². The molecule has 0 saturated carbocycles. The van der Waals surface area contributed by atoms with Gasteiger partial charge >= 0.3 is 0 Å². The number of hydrogen-bond donors (Lipinski definition) is 0. The third kappa shape index (κ3) is 5.84. The van der Waals surface area contributed by atoms with E-state index in [0.717, 1.165) is 0 Å². The Hall–Kier alpha value is -7.80. The summed E-state index contributed by atoms with van der Waals surface area (Å²) in [5, 5.41) is 15.2. The molecular formula is C60H38. The highest BCUT2D eigenvalue weighted by atomic mass is 14.2. The van der Waals surface area contributed by atoms with E-state index in [1.165, 1.54) is 120 Å². The van der Waals surface area contributed by atoms with Crippen molar-refractivity contribution in [2.24, 2.45) is 0 Å². The largest absolute Gasteiger partial charge is 0.0622 e. The van der Waals surface area contributed by atoms with Crippen LogP contribution in [0.1, 0.15) is 0 Å². The Balaban J connectivity index is 0.851. The lowest BCUT2D eigenvalue weighted by Crippen LogP contribution is -1.86. The second-order valence-electron chi connectivity index (χ2n) is 16.1. The molecule has 0 spiro atoms. The molecule has 60 heavy (non-hydrogen) atoms. The van der Waals surface area contributed by atoms with Crippen molar-refractivity contribution in [3.8, 4) is 55.6 Å². The zero-order chi connectivity index (χ0) is 39.6. The highest BCUT2D eigenvalue weighted by molar-refractivity contribution is 6.14. The molecule has 0 saturated heterocycles. The predicted octanol–water partition coefficient (Wildman–Crippen LogP) is 16.9. The smallest absolute Gasteiger partial charge is 0.00988 e. The van der Waals surface area contributed by atoms with Gasteiger partial charge in [0.1, 0.15) is 0 Å². The Kier molecular flexibility index (Phi) is 7.96. The van der Waals surface area contributed by atoms with E-state index in [9.17, 15) is 0 Å². The van der Waals surface area contributed by atoms with Crippen LogP contribution < -0.4 is 0 Å². The van der Waals surface area contributed by atoms with Crippen molar-refractivity contribution < 1.29 is 0 Å². The minimum Gasteiger partial charge on any atom is -0.0622 e. The molecule has 0 atom stereocenters. The minimum atomic E-state index is 1.22. The topological polar surface area (TPSA) is 0 Å². The highest BCUT2D eigenvalue weighted by Gasteiger charge is 2.12. The van der Waals surface area contributed by atoms with Gasteiger partial charge in [-0.2, -0.15) is 0 Å². The molecule has 278 valence electrons. The van der Waals surface area contributed by atoms with Gasteiger partial charge < -0.3 is 0 Å². The van der Waals surface area contributed by atoms with Crippen LogP contribution in [0.15, 0.2) is 231 Å². The quantitative estimate of drug-likeness (QED) is 0.153. The monoisotopic (exact) mass is 758 g/mol. The number of fused-ring (bicyclic) bond motifs is 9. The van der Waals surface area contributed by atoms with E-state index in [1.54, 1.807) is 0 Å². The summed E-state index contributed by atoms with van der Waals surface area (Å²) < 4.78 is 0. The van der Waals surface area contributed by atoms with E-state index in [1.807, 2.05) is 0 Å². The first-order valence-corrected chi connectivity index (χ1v) is 20.8. The Bertz CT molecular complexity index is 3650. The van der Waals surface area contributed by atoms with Crippen LogP contribution in [0.3, 0.4) is 0 Å². The second-order valence-corrected chi connectivity index (χ2v) is 16.1. The normalized spacial score (nSPS) is 11.7. The summed E-state index contributed by atoms with van der Waals surface area (Å²) in [6.45, 7) is 0. The van der Waals surface area contributed by atoms with Crippen LogP contribution in [0, 0.1) is 0 Å². The molecule has 0 N–H and O–H groups in total. The maximum absolute atomic E-state index is 2.35. The van der Waals surface area contributed by atoms with Crippen LogP contribution in [0.25, 0.3) is 120 Å². The summed E-state index contributed by atoms with van der Waals surface area (Å²) in [6.07, 6.45) is 0. The number of rotatable bonds is 5. The molecule has 0 aromatic heterocycles. The fraction of sp³-hybridized carbons (Fsp3) is 0. The lowest BCUT2D eigenvalue weighted by molar-refractivity contribution is 1.60. The van der Waals surface area contributed by atoms with Crippen molar-refractivity contribution in [3.05, 3.63) is 231 Å². The third-order valence-electron chi connectivity index (χ3n) is 12.6. The summed E-state index contributed by atoms with van der Waals surface area (Å²) >= 11 is 0. The van der Waals surface area contributed by atoms with Gasteiger partial charge in [-0.05, 0) is 163 Å². The van der Waals surface area contributed by atoms with Crippen molar-refractivity contribution in [3.63, 3.8) is 0 Å². The van der Waals surface area contributed by atoms with Gasteiger partial charge in [-0.15, -0.1) is 0 Å². The van der Waals surface area contributed by atoms with E-state index in [2.05, 4.69) is 231 Å². The van der Waals surface area contributed by atoms with Crippen LogP contribution in [0.5, 0.6) is 0 Å². The van der Waals surface area contributed by atoms with Gasteiger partial charge in [-0.25, -0.2) is 0 Å². The Morgan fingerprint density at radius 2 is 0.483 bits per heavy atom. The summed E-state index contributed by atoms with van der Waals surface area (Å²) in [7, 11) is 0. The van der Waals surface area contributed by atoms with E-state index in [0.29, 0.717) is 0 Å². The first-order chi connectivity index (χ1) is 29.7. The summed E-state index contributed by atoms with van der Waals surface area (Å²) in [4.78, 5) is 0. The van der Waals surface area contributed by atoms with Crippen molar-refractivity contribution in [1.82, 2.24) is 0 Å². The van der Waals surface area contributed by atoms with E-state index in [-0.39, 0.29) is 0 Å². The second kappa shape index (κ2) is 13.9. The van der Waals surface area contributed by atoms with E-state index < -0.39 is 0 Å². The van der Waals surface area contributed by atoms with Crippen LogP contribution in [-0.4, -0.2) is 0 Å². The fourth-order valence-electron chi connectivity index (χ4n) is 9.53. The lowest BCUT2D eigenvalue weighted by Gasteiger charge is -2.13. The molecular weight excluding hydrogens is 721 g/mol. The van der Waals surface area contributed by atoms with Gasteiger partial charge in [0.25, 0.3) is 0 Å². The first-order valence-electron chi connectivity index (χ1n) is 20.8. The predicted molar refractivity (Wildman–Crippen MR) is 259 cm³/mol. The van der Waals surface area contributed by atoms with Gasteiger partial charge in [0, 0.05) is 0 Å². The van der Waals surface area contributed by atoms with Crippen molar-refractivity contribution >= 4 is 64.6 Å². The first kappa shape index (κ1) is 34.3. The van der Waals surface area contributed by atoms with Crippen LogP contribution in [0.2, 0.25) is 0 Å².